The number of H-pyrrole nitrogens is 1. The molecular formula is C16H13BrN4O. The van der Waals surface area contributed by atoms with Crippen LogP contribution in [-0.2, 0) is 0 Å². The largest absolute Gasteiger partial charge is 0.323 e. The Morgan fingerprint density at radius 3 is 2.95 bits per heavy atom. The zero-order chi connectivity index (χ0) is 15.4. The summed E-state index contributed by atoms with van der Waals surface area (Å²) < 4.78 is 0.971. The lowest BCUT2D eigenvalue weighted by Crippen LogP contribution is -2.23. The first-order valence-corrected chi connectivity index (χ1v) is 7.43. The molecule has 0 aliphatic rings. The Morgan fingerprint density at radius 2 is 2.09 bits per heavy atom. The van der Waals surface area contributed by atoms with Gasteiger partial charge in [-0.05, 0) is 35.9 Å². The van der Waals surface area contributed by atoms with E-state index in [1.807, 2.05) is 48.5 Å². The lowest BCUT2D eigenvalue weighted by Gasteiger charge is -2.04. The average molecular weight is 357 g/mol. The van der Waals surface area contributed by atoms with Crippen LogP contribution in [0.4, 0.5) is 10.5 Å². The molecule has 110 valence electrons. The van der Waals surface area contributed by atoms with Crippen molar-refractivity contribution in [3.8, 4) is 0 Å². The number of hydrogen-bond acceptors (Lipinski definition) is 2. The molecule has 0 spiro atoms. The normalized spacial score (nSPS) is 11.0. The van der Waals surface area contributed by atoms with E-state index in [0.29, 0.717) is 5.69 Å². The molecule has 3 N–H and O–H groups in total. The van der Waals surface area contributed by atoms with E-state index in [4.69, 9.17) is 0 Å². The number of rotatable bonds is 3. The number of aromatic amines is 1. The zero-order valence-corrected chi connectivity index (χ0v) is 13.1. The molecular weight excluding hydrogens is 344 g/mol. The van der Waals surface area contributed by atoms with E-state index in [1.165, 1.54) is 0 Å². The minimum atomic E-state index is -0.304. The maximum atomic E-state index is 11.9. The van der Waals surface area contributed by atoms with Gasteiger partial charge in [0.25, 0.3) is 0 Å². The van der Waals surface area contributed by atoms with Crippen molar-refractivity contribution in [2.45, 2.75) is 0 Å². The number of nitrogens with zero attached hydrogens (tertiary/aromatic N) is 1. The van der Waals surface area contributed by atoms with Crippen LogP contribution in [0.5, 0.6) is 0 Å². The molecule has 2 aromatic carbocycles. The van der Waals surface area contributed by atoms with Crippen LogP contribution < -0.4 is 10.6 Å². The molecule has 0 fully saturated rings. The van der Waals surface area contributed by atoms with Gasteiger partial charge >= 0.3 is 6.03 Å². The number of carbonyl (C=O) groups excluding carboxylic acids is 1. The monoisotopic (exact) mass is 356 g/mol. The number of anilines is 1. The molecule has 1 aromatic heterocycles. The van der Waals surface area contributed by atoms with E-state index < -0.39 is 0 Å². The van der Waals surface area contributed by atoms with E-state index in [-0.39, 0.29) is 6.03 Å². The second kappa shape index (κ2) is 6.44. The number of nitrogens with one attached hydrogen (secondary N) is 3. The lowest BCUT2D eigenvalue weighted by molar-refractivity contribution is 0.255. The highest BCUT2D eigenvalue weighted by atomic mass is 79.9. The molecule has 0 radical (unpaired) electrons. The van der Waals surface area contributed by atoms with Crippen molar-refractivity contribution < 1.29 is 4.79 Å². The van der Waals surface area contributed by atoms with Crippen LogP contribution in [0, 0.1) is 0 Å². The molecule has 1 heterocycles. The van der Waals surface area contributed by atoms with E-state index >= 15 is 0 Å². The van der Waals surface area contributed by atoms with Gasteiger partial charge in [0.2, 0.25) is 0 Å². The summed E-state index contributed by atoms with van der Waals surface area (Å²) in [5, 5.41) is 13.2. The summed E-state index contributed by atoms with van der Waals surface area (Å²) >= 11 is 3.45. The van der Waals surface area contributed by atoms with Crippen molar-refractivity contribution in [1.82, 2.24) is 15.5 Å². The smallest absolute Gasteiger partial charge is 0.314 e. The number of urea groups is 1. The van der Waals surface area contributed by atoms with Gasteiger partial charge in [-0.2, -0.15) is 5.10 Å². The van der Waals surface area contributed by atoms with Crippen LogP contribution >= 0.6 is 15.9 Å². The molecule has 0 saturated heterocycles. The van der Waals surface area contributed by atoms with Gasteiger partial charge in [-0.3, -0.25) is 5.10 Å². The second-order valence-electron chi connectivity index (χ2n) is 4.63. The van der Waals surface area contributed by atoms with Crippen molar-refractivity contribution in [3.05, 3.63) is 64.9 Å². The summed E-state index contributed by atoms with van der Waals surface area (Å²) in [5.74, 6) is 0. The molecule has 5 nitrogen and oxygen atoms in total. The molecule has 3 aromatic rings. The summed E-state index contributed by atoms with van der Waals surface area (Å²) in [6.45, 7) is 0. The maximum Gasteiger partial charge on any atom is 0.323 e. The lowest BCUT2D eigenvalue weighted by atomic mass is 10.2. The summed E-state index contributed by atoms with van der Waals surface area (Å²) in [6, 6.07) is 13.0. The topological polar surface area (TPSA) is 69.8 Å². The van der Waals surface area contributed by atoms with Crippen LogP contribution in [0.15, 0.2) is 59.3 Å². The van der Waals surface area contributed by atoms with E-state index in [2.05, 4.69) is 36.8 Å². The predicted molar refractivity (Wildman–Crippen MR) is 91.4 cm³/mol. The van der Waals surface area contributed by atoms with Crippen molar-refractivity contribution in [2.75, 3.05) is 5.32 Å². The zero-order valence-electron chi connectivity index (χ0n) is 11.5. The van der Waals surface area contributed by atoms with Gasteiger partial charge in [0.1, 0.15) is 0 Å². The van der Waals surface area contributed by atoms with Gasteiger partial charge in [0.15, 0.2) is 0 Å². The highest BCUT2D eigenvalue weighted by Crippen LogP contribution is 2.17. The van der Waals surface area contributed by atoms with Crippen LogP contribution in [0.3, 0.4) is 0 Å². The first-order valence-electron chi connectivity index (χ1n) is 6.64. The van der Waals surface area contributed by atoms with E-state index in [1.54, 1.807) is 12.4 Å². The van der Waals surface area contributed by atoms with Crippen LogP contribution in [0.1, 0.15) is 5.56 Å². The summed E-state index contributed by atoms with van der Waals surface area (Å²) in [7, 11) is 0. The highest BCUT2D eigenvalue weighted by Gasteiger charge is 2.02. The van der Waals surface area contributed by atoms with Gasteiger partial charge in [-0.25, -0.2) is 4.79 Å². The summed E-state index contributed by atoms with van der Waals surface area (Å²) in [4.78, 5) is 11.9. The third-order valence-corrected chi connectivity index (χ3v) is 3.80. The van der Waals surface area contributed by atoms with E-state index in [0.717, 1.165) is 20.9 Å². The van der Waals surface area contributed by atoms with Crippen molar-refractivity contribution in [2.24, 2.45) is 0 Å². The Kier molecular flexibility index (Phi) is 4.20. The van der Waals surface area contributed by atoms with Crippen molar-refractivity contribution in [3.63, 3.8) is 0 Å². The Bertz CT molecular complexity index is 841. The fourth-order valence-electron chi connectivity index (χ4n) is 2.00. The number of amides is 2. The molecule has 0 aliphatic heterocycles. The number of fused-ring (bicyclic) bond motifs is 1. The quantitative estimate of drug-likeness (QED) is 0.660. The van der Waals surface area contributed by atoms with Gasteiger partial charge in [0, 0.05) is 21.7 Å². The molecule has 22 heavy (non-hydrogen) atoms. The fraction of sp³-hybridized carbons (Fsp3) is 0. The first kappa shape index (κ1) is 14.3. The number of halogens is 1. The average Bonchev–Trinajstić information content (AvgIpc) is 2.97. The molecule has 6 heteroatoms. The van der Waals surface area contributed by atoms with Crippen LogP contribution in [-0.4, -0.2) is 16.2 Å². The van der Waals surface area contributed by atoms with Crippen LogP contribution in [0.25, 0.3) is 17.0 Å². The number of benzene rings is 2. The molecule has 0 atom stereocenters. The summed E-state index contributed by atoms with van der Waals surface area (Å²) in [5.41, 5.74) is 2.56. The predicted octanol–water partition coefficient (Wildman–Crippen LogP) is 4.12. The third kappa shape index (κ3) is 3.35. The SMILES string of the molecule is O=C(N/C=C/c1ccccc1Br)Nc1ccc2cn[nH]c2c1. The molecule has 3 rings (SSSR count). The number of aromatic nitrogens is 2. The molecule has 0 saturated carbocycles. The Labute approximate surface area is 135 Å². The van der Waals surface area contributed by atoms with Crippen molar-refractivity contribution in [1.29, 1.82) is 0 Å². The maximum absolute atomic E-state index is 11.9. The minimum Gasteiger partial charge on any atom is -0.314 e. The van der Waals surface area contributed by atoms with Gasteiger partial charge in [-0.1, -0.05) is 34.1 Å². The molecule has 0 aliphatic carbocycles. The second-order valence-corrected chi connectivity index (χ2v) is 5.48. The summed E-state index contributed by atoms with van der Waals surface area (Å²) in [6.07, 6.45) is 5.16. The molecule has 0 unspecified atom stereocenters. The fourth-order valence-corrected chi connectivity index (χ4v) is 2.42. The van der Waals surface area contributed by atoms with Crippen molar-refractivity contribution >= 4 is 44.6 Å². The molecule has 0 bridgehead atoms. The number of carbonyl (C=O) groups is 1. The Hall–Kier alpha value is -2.60. The Morgan fingerprint density at radius 1 is 1.23 bits per heavy atom. The standard InChI is InChI=1S/C16H13BrN4O/c17-14-4-2-1-3-11(14)7-8-18-16(22)20-13-6-5-12-10-19-21-15(12)9-13/h1-10H,(H,19,21)(H2,18,20,22)/b8-7+. The molecule has 2 amide bonds. The third-order valence-electron chi connectivity index (χ3n) is 3.08. The minimum absolute atomic E-state index is 0.304. The van der Waals surface area contributed by atoms with Gasteiger partial charge in [-0.15, -0.1) is 0 Å². The van der Waals surface area contributed by atoms with Gasteiger partial charge < -0.3 is 10.6 Å². The highest BCUT2D eigenvalue weighted by molar-refractivity contribution is 9.10. The van der Waals surface area contributed by atoms with Crippen LogP contribution in [0.2, 0.25) is 0 Å². The van der Waals surface area contributed by atoms with E-state index in [9.17, 15) is 4.79 Å². The Balaban J connectivity index is 1.61. The van der Waals surface area contributed by atoms with Gasteiger partial charge in [0.05, 0.1) is 11.7 Å². The number of hydrogen-bond donors (Lipinski definition) is 3. The first-order chi connectivity index (χ1) is 10.7.